The number of nitrogens with one attached hydrogen (secondary N) is 1. The lowest BCUT2D eigenvalue weighted by molar-refractivity contribution is 0.102. The summed E-state index contributed by atoms with van der Waals surface area (Å²) in [6.07, 6.45) is 2.93. The first-order chi connectivity index (χ1) is 12.8. The molecule has 1 amide bonds. The number of sulfonamides is 1. The average Bonchev–Trinajstić information content (AvgIpc) is 3.46. The molecule has 0 spiro atoms. The van der Waals surface area contributed by atoms with E-state index in [1.807, 2.05) is 0 Å². The molecule has 0 aliphatic heterocycles. The van der Waals surface area contributed by atoms with Gasteiger partial charge in [0.15, 0.2) is 0 Å². The van der Waals surface area contributed by atoms with Gasteiger partial charge in [-0.05, 0) is 49.2 Å². The molecule has 0 unspecified atom stereocenters. The molecule has 144 valence electrons. The molecule has 1 fully saturated rings. The van der Waals surface area contributed by atoms with Crippen molar-refractivity contribution in [2.24, 2.45) is 0 Å². The highest BCUT2D eigenvalue weighted by molar-refractivity contribution is 7.92. The summed E-state index contributed by atoms with van der Waals surface area (Å²) in [5.41, 5.74) is 1.56. The lowest BCUT2D eigenvalue weighted by Crippen LogP contribution is -2.31. The molecular formula is C19H22N2O5S. The van der Waals surface area contributed by atoms with Crippen molar-refractivity contribution in [1.82, 2.24) is 0 Å². The van der Waals surface area contributed by atoms with Crippen LogP contribution >= 0.6 is 0 Å². The van der Waals surface area contributed by atoms with Crippen molar-refractivity contribution in [3.63, 3.8) is 0 Å². The first kappa shape index (κ1) is 19.0. The Kier molecular flexibility index (Phi) is 5.27. The van der Waals surface area contributed by atoms with Crippen LogP contribution in [0.2, 0.25) is 0 Å². The molecule has 0 saturated heterocycles. The predicted octanol–water partition coefficient (Wildman–Crippen LogP) is 2.88. The fourth-order valence-corrected chi connectivity index (χ4v) is 4.07. The Hall–Kier alpha value is -2.74. The minimum atomic E-state index is -3.33. The topological polar surface area (TPSA) is 84.9 Å². The second-order valence-corrected chi connectivity index (χ2v) is 8.25. The van der Waals surface area contributed by atoms with Crippen LogP contribution in [0.3, 0.4) is 0 Å². The molecule has 1 saturated carbocycles. The third-order valence-corrected chi connectivity index (χ3v) is 5.45. The Morgan fingerprint density at radius 3 is 2.04 bits per heavy atom. The third kappa shape index (κ3) is 4.51. The van der Waals surface area contributed by atoms with Crippen LogP contribution in [0.4, 0.5) is 11.4 Å². The number of hydrogen-bond donors (Lipinski definition) is 1. The molecule has 1 aliphatic carbocycles. The van der Waals surface area contributed by atoms with Crippen LogP contribution < -0.4 is 19.1 Å². The van der Waals surface area contributed by atoms with Crippen molar-refractivity contribution in [3.8, 4) is 11.5 Å². The molecule has 0 bridgehead atoms. The van der Waals surface area contributed by atoms with Crippen molar-refractivity contribution >= 4 is 27.3 Å². The van der Waals surface area contributed by atoms with E-state index >= 15 is 0 Å². The number of amides is 1. The molecule has 3 rings (SSSR count). The first-order valence-corrected chi connectivity index (χ1v) is 10.3. The molecule has 1 N–H and O–H groups in total. The average molecular weight is 390 g/mol. The summed E-state index contributed by atoms with van der Waals surface area (Å²) in [5.74, 6) is 0.716. The molecule has 27 heavy (non-hydrogen) atoms. The fraction of sp³-hybridized carbons (Fsp3) is 0.316. The van der Waals surface area contributed by atoms with Gasteiger partial charge in [0.05, 0.1) is 26.2 Å². The number of anilines is 2. The second-order valence-electron chi connectivity index (χ2n) is 6.39. The van der Waals surface area contributed by atoms with E-state index in [0.717, 1.165) is 12.8 Å². The monoisotopic (exact) mass is 390 g/mol. The van der Waals surface area contributed by atoms with Crippen molar-refractivity contribution < 1.29 is 22.7 Å². The van der Waals surface area contributed by atoms with Crippen LogP contribution in [-0.2, 0) is 10.0 Å². The maximum atomic E-state index is 12.5. The smallest absolute Gasteiger partial charge is 0.255 e. The molecule has 1 aliphatic rings. The van der Waals surface area contributed by atoms with E-state index in [1.54, 1.807) is 42.5 Å². The van der Waals surface area contributed by atoms with Crippen LogP contribution in [0.25, 0.3) is 0 Å². The summed E-state index contributed by atoms with van der Waals surface area (Å²) >= 11 is 0. The van der Waals surface area contributed by atoms with Gasteiger partial charge in [0.25, 0.3) is 5.91 Å². The highest BCUT2D eigenvalue weighted by Crippen LogP contribution is 2.34. The Labute approximate surface area is 158 Å². The van der Waals surface area contributed by atoms with E-state index in [0.29, 0.717) is 28.4 Å². The van der Waals surface area contributed by atoms with Gasteiger partial charge in [0, 0.05) is 23.4 Å². The molecular weight excluding hydrogens is 368 g/mol. The van der Waals surface area contributed by atoms with E-state index in [-0.39, 0.29) is 11.9 Å². The minimum absolute atomic E-state index is 0.0321. The Morgan fingerprint density at radius 2 is 1.59 bits per heavy atom. The first-order valence-electron chi connectivity index (χ1n) is 8.45. The van der Waals surface area contributed by atoms with E-state index in [9.17, 15) is 13.2 Å². The molecule has 0 radical (unpaired) electrons. The van der Waals surface area contributed by atoms with Gasteiger partial charge in [-0.3, -0.25) is 9.10 Å². The summed E-state index contributed by atoms with van der Waals surface area (Å²) in [6, 6.07) is 11.7. The van der Waals surface area contributed by atoms with Gasteiger partial charge in [-0.2, -0.15) is 0 Å². The number of carbonyl (C=O) groups is 1. The summed E-state index contributed by atoms with van der Waals surface area (Å²) in [6.45, 7) is 0. The zero-order valence-electron chi connectivity index (χ0n) is 15.4. The third-order valence-electron chi connectivity index (χ3n) is 4.23. The number of nitrogens with zero attached hydrogens (tertiary/aromatic N) is 1. The normalized spacial score (nSPS) is 13.7. The molecule has 2 aromatic rings. The Bertz CT molecular complexity index is 915. The number of ether oxygens (including phenoxy) is 2. The van der Waals surface area contributed by atoms with Gasteiger partial charge in [-0.15, -0.1) is 0 Å². The van der Waals surface area contributed by atoms with E-state index in [4.69, 9.17) is 9.47 Å². The lowest BCUT2D eigenvalue weighted by atomic mass is 10.1. The predicted molar refractivity (Wildman–Crippen MR) is 104 cm³/mol. The summed E-state index contributed by atoms with van der Waals surface area (Å²) < 4.78 is 35.8. The number of benzene rings is 2. The standard InChI is InChI=1S/C19H22N2O5S/c1-25-17-10-13(11-18(12-17)26-2)19(22)20-14-4-6-15(7-5-14)21(16-8-9-16)27(3,23)24/h4-7,10-12,16H,8-9H2,1-3H3,(H,20,22). The maximum Gasteiger partial charge on any atom is 0.255 e. The van der Waals surface area contributed by atoms with Gasteiger partial charge >= 0.3 is 0 Å². The van der Waals surface area contributed by atoms with E-state index in [2.05, 4.69) is 5.32 Å². The number of hydrogen-bond acceptors (Lipinski definition) is 5. The molecule has 7 nitrogen and oxygen atoms in total. The maximum absolute atomic E-state index is 12.5. The van der Waals surface area contributed by atoms with Crippen molar-refractivity contribution in [3.05, 3.63) is 48.0 Å². The summed E-state index contributed by atoms with van der Waals surface area (Å²) in [4.78, 5) is 12.5. The minimum Gasteiger partial charge on any atom is -0.497 e. The Balaban J connectivity index is 1.77. The van der Waals surface area contributed by atoms with Crippen LogP contribution in [0.5, 0.6) is 11.5 Å². The SMILES string of the molecule is COc1cc(OC)cc(C(=O)Nc2ccc(N(C3CC3)S(C)(=O)=O)cc2)c1. The van der Waals surface area contributed by atoms with Crippen molar-refractivity contribution in [1.29, 1.82) is 0 Å². The fourth-order valence-electron chi connectivity index (χ4n) is 2.82. The highest BCUT2D eigenvalue weighted by Gasteiger charge is 2.35. The van der Waals surface area contributed by atoms with Gasteiger partial charge < -0.3 is 14.8 Å². The molecule has 0 heterocycles. The van der Waals surface area contributed by atoms with E-state index in [1.165, 1.54) is 24.8 Å². The molecule has 0 atom stereocenters. The molecule has 2 aromatic carbocycles. The summed E-state index contributed by atoms with van der Waals surface area (Å²) in [5, 5.41) is 2.79. The van der Waals surface area contributed by atoms with Crippen LogP contribution in [0.1, 0.15) is 23.2 Å². The van der Waals surface area contributed by atoms with Gasteiger partial charge in [0.1, 0.15) is 11.5 Å². The van der Waals surface area contributed by atoms with Gasteiger partial charge in [0.2, 0.25) is 10.0 Å². The number of carbonyl (C=O) groups excluding carboxylic acids is 1. The second kappa shape index (κ2) is 7.48. The lowest BCUT2D eigenvalue weighted by Gasteiger charge is -2.22. The van der Waals surface area contributed by atoms with Crippen molar-refractivity contribution in [2.45, 2.75) is 18.9 Å². The zero-order chi connectivity index (χ0) is 19.6. The molecule has 8 heteroatoms. The number of methoxy groups -OCH3 is 2. The summed E-state index contributed by atoms with van der Waals surface area (Å²) in [7, 11) is -0.298. The Morgan fingerprint density at radius 1 is 1.04 bits per heavy atom. The van der Waals surface area contributed by atoms with Crippen LogP contribution in [-0.4, -0.2) is 40.8 Å². The van der Waals surface area contributed by atoms with Gasteiger partial charge in [-0.1, -0.05) is 0 Å². The van der Waals surface area contributed by atoms with Crippen molar-refractivity contribution in [2.75, 3.05) is 30.1 Å². The molecule has 0 aromatic heterocycles. The largest absolute Gasteiger partial charge is 0.497 e. The van der Waals surface area contributed by atoms with Gasteiger partial charge in [-0.25, -0.2) is 8.42 Å². The van der Waals surface area contributed by atoms with E-state index < -0.39 is 10.0 Å². The quantitative estimate of drug-likeness (QED) is 0.786. The zero-order valence-corrected chi connectivity index (χ0v) is 16.2. The van der Waals surface area contributed by atoms with Crippen LogP contribution in [0.15, 0.2) is 42.5 Å². The van der Waals surface area contributed by atoms with Crippen LogP contribution in [0, 0.1) is 0 Å². The number of rotatable bonds is 7. The highest BCUT2D eigenvalue weighted by atomic mass is 32.2.